The SMILES string of the molecule is C=C/C(=C\C=C(/C)c1ccc2ccc(OC(CO)COSI)cc2n1)NC. The molecule has 0 radical (unpaired) electrons. The van der Waals surface area contributed by atoms with Crippen LogP contribution in [0.2, 0.25) is 0 Å². The van der Waals surface area contributed by atoms with E-state index in [1.807, 2.05) is 77.7 Å². The number of hydrogen-bond acceptors (Lipinski definition) is 6. The van der Waals surface area contributed by atoms with E-state index in [0.29, 0.717) is 12.4 Å². The van der Waals surface area contributed by atoms with Crippen molar-refractivity contribution in [3.63, 3.8) is 0 Å². The molecule has 0 aliphatic rings. The molecule has 1 aromatic heterocycles. The van der Waals surface area contributed by atoms with Crippen molar-refractivity contribution >= 4 is 46.9 Å². The van der Waals surface area contributed by atoms with E-state index >= 15 is 0 Å². The molecule has 2 N–H and O–H groups in total. The Kier molecular flexibility index (Phi) is 9.12. The van der Waals surface area contributed by atoms with Gasteiger partial charge in [0.15, 0.2) is 0 Å². The molecule has 1 aromatic carbocycles. The van der Waals surface area contributed by atoms with E-state index in [-0.39, 0.29) is 6.61 Å². The molecule has 0 amide bonds. The van der Waals surface area contributed by atoms with E-state index in [1.165, 1.54) is 9.21 Å². The molecule has 1 heterocycles. The second kappa shape index (κ2) is 11.3. The predicted molar refractivity (Wildman–Crippen MR) is 122 cm³/mol. The number of ether oxygens (including phenoxy) is 1. The Labute approximate surface area is 176 Å². The highest BCUT2D eigenvalue weighted by Gasteiger charge is 2.11. The molecule has 0 aliphatic heterocycles. The smallest absolute Gasteiger partial charge is 0.146 e. The molecule has 1 atom stereocenters. The van der Waals surface area contributed by atoms with Crippen LogP contribution in [0.5, 0.6) is 5.75 Å². The number of hydrogen-bond donors (Lipinski definition) is 2. The molecule has 7 heteroatoms. The van der Waals surface area contributed by atoms with Crippen LogP contribution in [0.15, 0.2) is 60.8 Å². The fourth-order valence-corrected chi connectivity index (χ4v) is 3.01. The molecule has 0 bridgehead atoms. The molecule has 0 aliphatic carbocycles. The molecule has 0 spiro atoms. The van der Waals surface area contributed by atoms with E-state index in [2.05, 4.69) is 11.9 Å². The van der Waals surface area contributed by atoms with E-state index in [0.717, 1.165) is 27.9 Å². The van der Waals surface area contributed by atoms with Crippen LogP contribution in [0.25, 0.3) is 16.5 Å². The van der Waals surface area contributed by atoms with Crippen LogP contribution in [0.1, 0.15) is 12.6 Å². The predicted octanol–water partition coefficient (Wildman–Crippen LogP) is 4.68. The normalized spacial score (nSPS) is 13.5. The summed E-state index contributed by atoms with van der Waals surface area (Å²) < 4.78 is 11.0. The lowest BCUT2D eigenvalue weighted by Gasteiger charge is -2.16. The molecule has 1 unspecified atom stereocenters. The van der Waals surface area contributed by atoms with Crippen molar-refractivity contribution in [3.8, 4) is 5.75 Å². The number of allylic oxidation sites excluding steroid dienone is 4. The van der Waals surface area contributed by atoms with Crippen LogP contribution in [-0.2, 0) is 4.18 Å². The maximum atomic E-state index is 9.43. The summed E-state index contributed by atoms with van der Waals surface area (Å²) in [6.07, 6.45) is 5.31. The first-order chi connectivity index (χ1) is 13.1. The van der Waals surface area contributed by atoms with Crippen LogP contribution in [0.4, 0.5) is 0 Å². The number of aromatic nitrogens is 1. The minimum Gasteiger partial charge on any atom is -0.485 e. The molecule has 0 saturated carbocycles. The standard InChI is InChI=1S/C20H23IN2O3S/c1-4-16(22-3)8-5-14(2)19-10-7-15-6-9-17(11-20(15)23-19)26-18(12-24)13-25-27-21/h4-11,18,22,24H,1,12-13H2,2-3H3/b14-5+,16-8+. The number of benzene rings is 1. The van der Waals surface area contributed by atoms with Crippen molar-refractivity contribution < 1.29 is 14.0 Å². The Morgan fingerprint density at radius 1 is 1.37 bits per heavy atom. The molecule has 0 saturated heterocycles. The van der Waals surface area contributed by atoms with Gasteiger partial charge in [-0.25, -0.2) is 4.98 Å². The van der Waals surface area contributed by atoms with Gasteiger partial charge in [-0.2, -0.15) is 0 Å². The van der Waals surface area contributed by atoms with Crippen LogP contribution < -0.4 is 10.1 Å². The van der Waals surface area contributed by atoms with Gasteiger partial charge in [0.25, 0.3) is 0 Å². The third kappa shape index (κ3) is 6.53. The fraction of sp³-hybridized carbons (Fsp3) is 0.250. The van der Waals surface area contributed by atoms with E-state index < -0.39 is 6.10 Å². The number of aliphatic hydroxyl groups is 1. The van der Waals surface area contributed by atoms with Crippen molar-refractivity contribution in [2.75, 3.05) is 20.3 Å². The molecular weight excluding hydrogens is 475 g/mol. The highest BCUT2D eigenvalue weighted by Crippen LogP contribution is 2.23. The summed E-state index contributed by atoms with van der Waals surface area (Å²) in [6, 6.07) is 9.74. The number of halogens is 1. The van der Waals surface area contributed by atoms with Crippen LogP contribution in [-0.4, -0.2) is 36.5 Å². The van der Waals surface area contributed by atoms with E-state index in [1.54, 1.807) is 6.08 Å². The Bertz CT molecular complexity index is 839. The zero-order valence-electron chi connectivity index (χ0n) is 15.3. The summed E-state index contributed by atoms with van der Waals surface area (Å²) in [7, 11) is 3.08. The van der Waals surface area contributed by atoms with Crippen molar-refractivity contribution in [2.24, 2.45) is 0 Å². The molecule has 5 nitrogen and oxygen atoms in total. The van der Waals surface area contributed by atoms with E-state index in [4.69, 9.17) is 13.9 Å². The van der Waals surface area contributed by atoms with Crippen molar-refractivity contribution in [3.05, 3.63) is 66.5 Å². The first-order valence-corrected chi connectivity index (χ1v) is 11.7. The van der Waals surface area contributed by atoms with Gasteiger partial charge in [0, 0.05) is 45.4 Å². The van der Waals surface area contributed by atoms with Crippen molar-refractivity contribution in [2.45, 2.75) is 13.0 Å². The minimum atomic E-state index is -0.418. The molecule has 2 aromatic rings. The third-order valence-corrected chi connectivity index (χ3v) is 4.88. The zero-order chi connectivity index (χ0) is 19.6. The summed E-state index contributed by atoms with van der Waals surface area (Å²) >= 11 is 2.03. The summed E-state index contributed by atoms with van der Waals surface area (Å²) in [5.41, 5.74) is 3.70. The number of aliphatic hydroxyl groups excluding tert-OH is 1. The number of fused-ring (bicyclic) bond motifs is 1. The Morgan fingerprint density at radius 2 is 2.15 bits per heavy atom. The Hall–Kier alpha value is -1.55. The van der Waals surface area contributed by atoms with Gasteiger partial charge in [-0.3, -0.25) is 0 Å². The topological polar surface area (TPSA) is 63.6 Å². The van der Waals surface area contributed by atoms with Crippen LogP contribution in [0.3, 0.4) is 0 Å². The van der Waals surface area contributed by atoms with E-state index in [9.17, 15) is 5.11 Å². The van der Waals surface area contributed by atoms with Crippen molar-refractivity contribution in [1.82, 2.24) is 10.3 Å². The number of rotatable bonds is 10. The first-order valence-electron chi connectivity index (χ1n) is 8.39. The van der Waals surface area contributed by atoms with Crippen molar-refractivity contribution in [1.29, 1.82) is 0 Å². The second-order valence-electron chi connectivity index (χ2n) is 5.75. The first kappa shape index (κ1) is 21.7. The lowest BCUT2D eigenvalue weighted by atomic mass is 10.1. The highest BCUT2D eigenvalue weighted by molar-refractivity contribution is 14.2. The average molecular weight is 498 g/mol. The molecule has 0 fully saturated rings. The molecule has 27 heavy (non-hydrogen) atoms. The van der Waals surface area contributed by atoms with Gasteiger partial charge in [-0.15, -0.1) is 0 Å². The lowest BCUT2D eigenvalue weighted by molar-refractivity contribution is 0.0800. The van der Waals surface area contributed by atoms with Gasteiger partial charge in [0.1, 0.15) is 18.5 Å². The molecule has 144 valence electrons. The number of nitrogens with one attached hydrogen (secondary N) is 1. The lowest BCUT2D eigenvalue weighted by Crippen LogP contribution is -2.25. The largest absolute Gasteiger partial charge is 0.485 e. The summed E-state index contributed by atoms with van der Waals surface area (Å²) in [4.78, 5) is 4.74. The zero-order valence-corrected chi connectivity index (χ0v) is 18.3. The average Bonchev–Trinajstić information content (AvgIpc) is 2.71. The minimum absolute atomic E-state index is 0.117. The fourth-order valence-electron chi connectivity index (χ4n) is 2.36. The van der Waals surface area contributed by atoms with Gasteiger partial charge in [0.2, 0.25) is 0 Å². The Balaban J connectivity index is 2.25. The maximum absolute atomic E-state index is 9.43. The summed E-state index contributed by atoms with van der Waals surface area (Å²) in [5, 5.41) is 13.5. The second-order valence-corrected chi connectivity index (χ2v) is 7.19. The van der Waals surface area contributed by atoms with Gasteiger partial charge in [-0.05, 0) is 42.8 Å². The number of pyridine rings is 1. The van der Waals surface area contributed by atoms with Crippen LogP contribution >= 0.6 is 30.4 Å². The maximum Gasteiger partial charge on any atom is 0.146 e. The van der Waals surface area contributed by atoms with Gasteiger partial charge in [0.05, 0.1) is 27.0 Å². The third-order valence-electron chi connectivity index (χ3n) is 3.89. The van der Waals surface area contributed by atoms with Gasteiger partial charge >= 0.3 is 0 Å². The quantitative estimate of drug-likeness (QED) is 0.282. The highest BCUT2D eigenvalue weighted by atomic mass is 127. The van der Waals surface area contributed by atoms with Gasteiger partial charge < -0.3 is 19.3 Å². The Morgan fingerprint density at radius 3 is 2.81 bits per heavy atom. The number of nitrogens with zero attached hydrogens (tertiary/aromatic N) is 1. The summed E-state index contributed by atoms with van der Waals surface area (Å²) in [6.45, 7) is 5.97. The monoisotopic (exact) mass is 498 g/mol. The number of likely N-dealkylation sites (N-methyl/N-ethyl adjacent to an activating group) is 1. The molecule has 2 rings (SSSR count). The van der Waals surface area contributed by atoms with Crippen LogP contribution in [0, 0.1) is 0 Å². The molecular formula is C20H23IN2O3S. The van der Waals surface area contributed by atoms with Gasteiger partial charge in [-0.1, -0.05) is 18.7 Å². The summed E-state index contributed by atoms with van der Waals surface area (Å²) in [5.74, 6) is 0.652.